The summed E-state index contributed by atoms with van der Waals surface area (Å²) in [5, 5.41) is 10.1. The number of benzene rings is 1. The van der Waals surface area contributed by atoms with Crippen molar-refractivity contribution in [3.8, 4) is 0 Å². The first-order chi connectivity index (χ1) is 8.59. The van der Waals surface area contributed by atoms with E-state index < -0.39 is 17.9 Å². The number of ether oxygens (including phenoxy) is 1. The molecular weight excluding hydrogens is 234 g/mol. The number of hydrogen-bond donors (Lipinski definition) is 1. The molecule has 2 rings (SSSR count). The Balaban J connectivity index is 2.11. The zero-order chi connectivity index (χ0) is 13.1. The number of imide groups is 1. The summed E-state index contributed by atoms with van der Waals surface area (Å²) in [6.45, 7) is 1.64. The van der Waals surface area contributed by atoms with E-state index in [1.54, 1.807) is 6.07 Å². The normalized spacial score (nSPS) is 18.0. The minimum Gasteiger partial charge on any atom is -0.387 e. The highest BCUT2D eigenvalue weighted by Gasteiger charge is 2.29. The second-order valence-electron chi connectivity index (χ2n) is 4.26. The highest BCUT2D eigenvalue weighted by atomic mass is 16.5. The number of amides is 2. The molecule has 0 aromatic heterocycles. The molecular formula is C13H15NO4. The first-order valence-electron chi connectivity index (χ1n) is 5.74. The lowest BCUT2D eigenvalue weighted by molar-refractivity contribution is -0.160. The molecule has 1 aromatic rings. The summed E-state index contributed by atoms with van der Waals surface area (Å²) < 4.78 is 4.81. The van der Waals surface area contributed by atoms with Crippen molar-refractivity contribution >= 4 is 11.8 Å². The number of aliphatic hydroxyl groups is 1. The molecule has 1 fully saturated rings. The second kappa shape index (κ2) is 5.29. The highest BCUT2D eigenvalue weighted by molar-refractivity contribution is 5.98. The Labute approximate surface area is 105 Å². The van der Waals surface area contributed by atoms with Crippen LogP contribution in [0.5, 0.6) is 0 Å². The number of β-amino-alcohol motifs (C(OH)–C–C–N with tert-alkyl or cyclic N) is 1. The molecule has 1 heterocycles. The van der Waals surface area contributed by atoms with Gasteiger partial charge in [0.1, 0.15) is 13.2 Å². The van der Waals surface area contributed by atoms with Gasteiger partial charge in [-0.15, -0.1) is 0 Å². The molecule has 1 aliphatic rings. The smallest absolute Gasteiger partial charge is 0.255 e. The fourth-order valence-electron chi connectivity index (χ4n) is 1.96. The van der Waals surface area contributed by atoms with E-state index in [0.29, 0.717) is 0 Å². The van der Waals surface area contributed by atoms with Crippen LogP contribution >= 0.6 is 0 Å². The molecule has 0 spiro atoms. The van der Waals surface area contributed by atoms with Crippen LogP contribution in [0.25, 0.3) is 0 Å². The Hall–Kier alpha value is -1.72. The second-order valence-corrected chi connectivity index (χ2v) is 4.26. The maximum atomic E-state index is 11.5. The Morgan fingerprint density at radius 2 is 1.89 bits per heavy atom. The average molecular weight is 249 g/mol. The average Bonchev–Trinajstić information content (AvgIpc) is 2.34. The lowest BCUT2D eigenvalue weighted by Crippen LogP contribution is -2.47. The molecule has 1 aromatic carbocycles. The molecule has 5 nitrogen and oxygen atoms in total. The first kappa shape index (κ1) is 12.7. The predicted molar refractivity (Wildman–Crippen MR) is 63.7 cm³/mol. The van der Waals surface area contributed by atoms with Crippen molar-refractivity contribution in [2.75, 3.05) is 19.8 Å². The monoisotopic (exact) mass is 249 g/mol. The molecule has 1 unspecified atom stereocenters. The maximum Gasteiger partial charge on any atom is 0.255 e. The van der Waals surface area contributed by atoms with E-state index in [1.807, 2.05) is 25.1 Å². The largest absolute Gasteiger partial charge is 0.387 e. The summed E-state index contributed by atoms with van der Waals surface area (Å²) in [4.78, 5) is 24.1. The number of carbonyl (C=O) groups excluding carboxylic acids is 2. The molecule has 1 N–H and O–H groups in total. The van der Waals surface area contributed by atoms with Crippen LogP contribution in [0.1, 0.15) is 17.2 Å². The third-order valence-electron chi connectivity index (χ3n) is 2.96. The molecule has 0 aliphatic carbocycles. The van der Waals surface area contributed by atoms with Gasteiger partial charge in [-0.05, 0) is 18.1 Å². The topological polar surface area (TPSA) is 66.8 Å². The third-order valence-corrected chi connectivity index (χ3v) is 2.96. The molecule has 5 heteroatoms. The van der Waals surface area contributed by atoms with Gasteiger partial charge in [0.2, 0.25) is 0 Å². The zero-order valence-electron chi connectivity index (χ0n) is 10.1. The van der Waals surface area contributed by atoms with Gasteiger partial charge >= 0.3 is 0 Å². The SMILES string of the molecule is Cc1ccccc1C(O)CN1C(=O)COCC1=O. The van der Waals surface area contributed by atoms with Gasteiger partial charge in [-0.1, -0.05) is 24.3 Å². The maximum absolute atomic E-state index is 11.5. The zero-order valence-corrected chi connectivity index (χ0v) is 10.1. The lowest BCUT2D eigenvalue weighted by Gasteiger charge is -2.27. The van der Waals surface area contributed by atoms with E-state index in [0.717, 1.165) is 16.0 Å². The Morgan fingerprint density at radius 3 is 2.50 bits per heavy atom. The summed E-state index contributed by atoms with van der Waals surface area (Å²) >= 11 is 0. The molecule has 0 radical (unpaired) electrons. The Kier molecular flexibility index (Phi) is 3.74. The number of carbonyl (C=O) groups is 2. The molecule has 0 bridgehead atoms. The van der Waals surface area contributed by atoms with E-state index in [9.17, 15) is 14.7 Å². The van der Waals surface area contributed by atoms with Crippen LogP contribution in [0.4, 0.5) is 0 Å². The van der Waals surface area contributed by atoms with E-state index >= 15 is 0 Å². The van der Waals surface area contributed by atoms with Crippen LogP contribution < -0.4 is 0 Å². The van der Waals surface area contributed by atoms with Crippen LogP contribution in [-0.4, -0.2) is 41.6 Å². The number of rotatable bonds is 3. The molecule has 1 atom stereocenters. The molecule has 2 amide bonds. The first-order valence-corrected chi connectivity index (χ1v) is 5.74. The van der Waals surface area contributed by atoms with E-state index in [1.165, 1.54) is 0 Å². The van der Waals surface area contributed by atoms with Crippen molar-refractivity contribution in [3.63, 3.8) is 0 Å². The number of aliphatic hydroxyl groups excluding tert-OH is 1. The fourth-order valence-corrected chi connectivity index (χ4v) is 1.96. The summed E-state index contributed by atoms with van der Waals surface area (Å²) in [5.41, 5.74) is 1.66. The fraction of sp³-hybridized carbons (Fsp3) is 0.385. The van der Waals surface area contributed by atoms with Gasteiger partial charge in [0.05, 0.1) is 12.6 Å². The summed E-state index contributed by atoms with van der Waals surface area (Å²) in [5.74, 6) is -0.808. The van der Waals surface area contributed by atoms with Gasteiger partial charge in [0.25, 0.3) is 11.8 Å². The van der Waals surface area contributed by atoms with Gasteiger partial charge in [0.15, 0.2) is 0 Å². The lowest BCUT2D eigenvalue weighted by atomic mass is 10.0. The van der Waals surface area contributed by atoms with Gasteiger partial charge in [0, 0.05) is 0 Å². The quantitative estimate of drug-likeness (QED) is 0.788. The van der Waals surface area contributed by atoms with Crippen LogP contribution in [0.3, 0.4) is 0 Å². The molecule has 18 heavy (non-hydrogen) atoms. The number of nitrogens with zero attached hydrogens (tertiary/aromatic N) is 1. The molecule has 1 saturated heterocycles. The predicted octanol–water partition coefficient (Wildman–Crippen LogP) is 0.414. The van der Waals surface area contributed by atoms with Gasteiger partial charge < -0.3 is 9.84 Å². The summed E-state index contributed by atoms with van der Waals surface area (Å²) in [7, 11) is 0. The molecule has 96 valence electrons. The number of morpholine rings is 1. The van der Waals surface area contributed by atoms with Crippen molar-refractivity contribution in [2.24, 2.45) is 0 Å². The Bertz CT molecular complexity index is 456. The molecule has 0 saturated carbocycles. The minimum atomic E-state index is -0.864. The number of hydrogen-bond acceptors (Lipinski definition) is 4. The van der Waals surface area contributed by atoms with Crippen LogP contribution in [0.15, 0.2) is 24.3 Å². The van der Waals surface area contributed by atoms with Crippen LogP contribution in [0.2, 0.25) is 0 Å². The van der Waals surface area contributed by atoms with E-state index in [2.05, 4.69) is 0 Å². The third kappa shape index (κ3) is 2.57. The number of aryl methyl sites for hydroxylation is 1. The molecule has 1 aliphatic heterocycles. The van der Waals surface area contributed by atoms with Crippen molar-refractivity contribution in [3.05, 3.63) is 35.4 Å². The van der Waals surface area contributed by atoms with E-state index in [4.69, 9.17) is 4.74 Å². The van der Waals surface area contributed by atoms with Crippen molar-refractivity contribution < 1.29 is 19.4 Å². The van der Waals surface area contributed by atoms with Crippen molar-refractivity contribution in [1.29, 1.82) is 0 Å². The minimum absolute atomic E-state index is 0.0219. The van der Waals surface area contributed by atoms with Crippen molar-refractivity contribution in [2.45, 2.75) is 13.0 Å². The van der Waals surface area contributed by atoms with E-state index in [-0.39, 0.29) is 19.8 Å². The van der Waals surface area contributed by atoms with Gasteiger partial charge in [-0.2, -0.15) is 0 Å². The Morgan fingerprint density at radius 1 is 1.28 bits per heavy atom. The van der Waals surface area contributed by atoms with Gasteiger partial charge in [-0.3, -0.25) is 14.5 Å². The van der Waals surface area contributed by atoms with Crippen LogP contribution in [0, 0.1) is 6.92 Å². The summed E-state index contributed by atoms with van der Waals surface area (Å²) in [6.07, 6.45) is -0.864. The van der Waals surface area contributed by atoms with Crippen LogP contribution in [-0.2, 0) is 14.3 Å². The highest BCUT2D eigenvalue weighted by Crippen LogP contribution is 2.19. The van der Waals surface area contributed by atoms with Gasteiger partial charge in [-0.25, -0.2) is 0 Å². The summed E-state index contributed by atoms with van der Waals surface area (Å²) in [6, 6.07) is 7.35. The standard InChI is InChI=1S/C13H15NO4/c1-9-4-2-3-5-10(9)11(15)6-14-12(16)7-18-8-13(14)17/h2-5,11,15H,6-8H2,1H3. The van der Waals surface area contributed by atoms with Crippen molar-refractivity contribution in [1.82, 2.24) is 4.90 Å².